The predicted molar refractivity (Wildman–Crippen MR) is 57.8 cm³/mol. The fourth-order valence-corrected chi connectivity index (χ4v) is 1.59. The van der Waals surface area contributed by atoms with Gasteiger partial charge >= 0.3 is 5.97 Å². The highest BCUT2D eigenvalue weighted by Crippen LogP contribution is 2.23. The summed E-state index contributed by atoms with van der Waals surface area (Å²) in [4.78, 5) is 15.5. The zero-order chi connectivity index (χ0) is 11.7. The van der Waals surface area contributed by atoms with Gasteiger partial charge in [-0.3, -0.25) is 4.40 Å². The summed E-state index contributed by atoms with van der Waals surface area (Å²) in [6, 6.07) is 1.36. The quantitative estimate of drug-likeness (QED) is 0.814. The summed E-state index contributed by atoms with van der Waals surface area (Å²) in [6.07, 6.45) is 2.83. The van der Waals surface area contributed by atoms with Crippen LogP contribution in [0.4, 0.5) is 0 Å². The molecule has 0 aliphatic heterocycles. The molecule has 0 fully saturated rings. The lowest BCUT2D eigenvalue weighted by molar-refractivity contribution is 0.0518. The third-order valence-corrected chi connectivity index (χ3v) is 2.24. The Morgan fingerprint density at radius 1 is 1.69 bits per heavy atom. The van der Waals surface area contributed by atoms with Crippen molar-refractivity contribution < 1.29 is 14.6 Å². The maximum absolute atomic E-state index is 11.5. The van der Waals surface area contributed by atoms with Crippen molar-refractivity contribution in [3.63, 3.8) is 0 Å². The first-order chi connectivity index (χ1) is 7.63. The zero-order valence-electron chi connectivity index (χ0n) is 8.48. The Kier molecular flexibility index (Phi) is 2.70. The molecule has 2 aromatic heterocycles. The van der Waals surface area contributed by atoms with E-state index >= 15 is 0 Å². The minimum atomic E-state index is -0.503. The topological polar surface area (TPSA) is 63.8 Å². The molecule has 2 aromatic rings. The molecule has 0 saturated heterocycles. The van der Waals surface area contributed by atoms with Crippen LogP contribution in [0.1, 0.15) is 17.4 Å². The number of ether oxygens (including phenoxy) is 1. The molecule has 16 heavy (non-hydrogen) atoms. The van der Waals surface area contributed by atoms with Gasteiger partial charge < -0.3 is 9.84 Å². The molecule has 0 aliphatic carbocycles. The lowest BCUT2D eigenvalue weighted by Gasteiger charge is -2.02. The van der Waals surface area contributed by atoms with Gasteiger partial charge in [0.2, 0.25) is 0 Å². The van der Waals surface area contributed by atoms with Crippen LogP contribution in [0.25, 0.3) is 5.65 Å². The van der Waals surface area contributed by atoms with Gasteiger partial charge in [-0.1, -0.05) is 11.6 Å². The molecule has 0 bridgehead atoms. The first-order valence-corrected chi connectivity index (χ1v) is 5.04. The lowest BCUT2D eigenvalue weighted by Crippen LogP contribution is -2.07. The monoisotopic (exact) mass is 240 g/mol. The van der Waals surface area contributed by atoms with Crippen molar-refractivity contribution in [1.29, 1.82) is 0 Å². The molecule has 84 valence electrons. The van der Waals surface area contributed by atoms with Crippen molar-refractivity contribution in [3.8, 4) is 5.75 Å². The Morgan fingerprint density at radius 2 is 2.44 bits per heavy atom. The Morgan fingerprint density at radius 3 is 3.12 bits per heavy atom. The third kappa shape index (κ3) is 1.69. The van der Waals surface area contributed by atoms with Crippen LogP contribution in [0.5, 0.6) is 5.75 Å². The molecule has 5 nitrogen and oxygen atoms in total. The highest BCUT2D eigenvalue weighted by Gasteiger charge is 2.15. The maximum Gasteiger partial charge on any atom is 0.356 e. The molecule has 0 radical (unpaired) electrons. The zero-order valence-corrected chi connectivity index (χ0v) is 9.23. The number of carbonyl (C=O) groups is 1. The van der Waals surface area contributed by atoms with Gasteiger partial charge in [0.15, 0.2) is 17.1 Å². The highest BCUT2D eigenvalue weighted by molar-refractivity contribution is 6.30. The van der Waals surface area contributed by atoms with Crippen LogP contribution in [0.15, 0.2) is 18.5 Å². The average Bonchev–Trinajstić information content (AvgIpc) is 2.61. The fourth-order valence-electron chi connectivity index (χ4n) is 1.39. The fraction of sp³-hybridized carbons (Fsp3) is 0.200. The molecule has 0 aliphatic rings. The molecule has 2 heterocycles. The molecular weight excluding hydrogens is 232 g/mol. The normalized spacial score (nSPS) is 10.6. The number of rotatable bonds is 2. The second-order valence-electron chi connectivity index (χ2n) is 3.10. The predicted octanol–water partition coefficient (Wildman–Crippen LogP) is 1.87. The second-order valence-corrected chi connectivity index (χ2v) is 3.54. The number of nitrogens with zero attached hydrogens (tertiary/aromatic N) is 2. The third-order valence-electron chi connectivity index (χ3n) is 2.04. The van der Waals surface area contributed by atoms with Crippen molar-refractivity contribution in [2.45, 2.75) is 6.92 Å². The van der Waals surface area contributed by atoms with Gasteiger partial charge in [0, 0.05) is 12.3 Å². The molecule has 1 N–H and O–H groups in total. The molecule has 0 aromatic carbocycles. The number of hydrogen-bond acceptors (Lipinski definition) is 4. The number of fused-ring (bicyclic) bond motifs is 1. The van der Waals surface area contributed by atoms with Crippen molar-refractivity contribution in [1.82, 2.24) is 9.38 Å². The van der Waals surface area contributed by atoms with Crippen LogP contribution in [0, 0.1) is 0 Å². The van der Waals surface area contributed by atoms with Crippen LogP contribution in [0.3, 0.4) is 0 Å². The average molecular weight is 241 g/mol. The van der Waals surface area contributed by atoms with Crippen LogP contribution < -0.4 is 0 Å². The van der Waals surface area contributed by atoms with E-state index in [0.29, 0.717) is 5.02 Å². The van der Waals surface area contributed by atoms with Gasteiger partial charge in [-0.2, -0.15) is 0 Å². The van der Waals surface area contributed by atoms with Gasteiger partial charge in [0.25, 0.3) is 0 Å². The SMILES string of the molecule is CCOC(=O)c1cnc2c(O)cc(Cl)cn12. The summed E-state index contributed by atoms with van der Waals surface area (Å²) < 4.78 is 6.25. The summed E-state index contributed by atoms with van der Waals surface area (Å²) in [5.41, 5.74) is 0.502. The summed E-state index contributed by atoms with van der Waals surface area (Å²) in [5.74, 6) is -0.584. The molecule has 0 atom stereocenters. The first kappa shape index (κ1) is 10.8. The minimum absolute atomic E-state index is 0.0805. The Hall–Kier alpha value is -1.75. The number of aromatic nitrogens is 2. The van der Waals surface area contributed by atoms with Crippen molar-refractivity contribution in [2.75, 3.05) is 6.61 Å². The maximum atomic E-state index is 11.5. The van der Waals surface area contributed by atoms with Crippen molar-refractivity contribution in [2.24, 2.45) is 0 Å². The van der Waals surface area contributed by atoms with E-state index in [2.05, 4.69) is 4.98 Å². The van der Waals surface area contributed by atoms with Gasteiger partial charge in [0.1, 0.15) is 0 Å². The summed E-state index contributed by atoms with van der Waals surface area (Å²) in [7, 11) is 0. The van der Waals surface area contributed by atoms with Crippen LogP contribution in [0.2, 0.25) is 5.02 Å². The van der Waals surface area contributed by atoms with E-state index in [9.17, 15) is 9.90 Å². The van der Waals surface area contributed by atoms with E-state index in [1.807, 2.05) is 0 Å². The number of aromatic hydroxyl groups is 1. The van der Waals surface area contributed by atoms with E-state index in [1.165, 1.54) is 22.9 Å². The minimum Gasteiger partial charge on any atom is -0.504 e. The van der Waals surface area contributed by atoms with E-state index < -0.39 is 5.97 Å². The van der Waals surface area contributed by atoms with Crippen LogP contribution in [-0.2, 0) is 4.74 Å². The smallest absolute Gasteiger partial charge is 0.356 e. The standard InChI is InChI=1S/C10H9ClN2O3/c1-2-16-10(15)7-4-12-9-8(14)3-6(11)5-13(7)9/h3-5,14H,2H2,1H3. The Bertz CT molecular complexity index is 550. The number of esters is 1. The summed E-state index contributed by atoms with van der Waals surface area (Å²) in [5, 5.41) is 9.87. The first-order valence-electron chi connectivity index (χ1n) is 4.66. The van der Waals surface area contributed by atoms with Crippen molar-refractivity contribution in [3.05, 3.63) is 29.2 Å². The van der Waals surface area contributed by atoms with Gasteiger partial charge in [-0.15, -0.1) is 0 Å². The summed E-state index contributed by atoms with van der Waals surface area (Å²) >= 11 is 5.77. The summed E-state index contributed by atoms with van der Waals surface area (Å²) in [6.45, 7) is 1.99. The molecule has 0 spiro atoms. The molecule has 0 saturated carbocycles. The number of imidazole rings is 1. The molecule has 0 unspecified atom stereocenters. The second kappa shape index (κ2) is 4.02. The van der Waals surface area contributed by atoms with E-state index in [4.69, 9.17) is 16.3 Å². The van der Waals surface area contributed by atoms with Gasteiger partial charge in [-0.25, -0.2) is 9.78 Å². The van der Waals surface area contributed by atoms with E-state index in [0.717, 1.165) is 0 Å². The largest absolute Gasteiger partial charge is 0.504 e. The number of pyridine rings is 1. The van der Waals surface area contributed by atoms with Crippen LogP contribution >= 0.6 is 11.6 Å². The number of halogens is 1. The lowest BCUT2D eigenvalue weighted by atomic mass is 10.4. The number of hydrogen-bond donors (Lipinski definition) is 1. The Balaban J connectivity index is 2.60. The van der Waals surface area contributed by atoms with Gasteiger partial charge in [-0.05, 0) is 6.92 Å². The van der Waals surface area contributed by atoms with Gasteiger partial charge in [0.05, 0.1) is 17.8 Å². The molecule has 0 amide bonds. The number of carbonyl (C=O) groups excluding carboxylic acids is 1. The van der Waals surface area contributed by atoms with E-state index in [1.54, 1.807) is 6.92 Å². The van der Waals surface area contributed by atoms with Crippen molar-refractivity contribution >= 4 is 23.2 Å². The molecular formula is C10H9ClN2O3. The van der Waals surface area contributed by atoms with Crippen LogP contribution in [-0.4, -0.2) is 27.1 Å². The van der Waals surface area contributed by atoms with E-state index in [-0.39, 0.29) is 23.7 Å². The Labute approximate surface area is 96.2 Å². The molecule has 2 rings (SSSR count). The highest BCUT2D eigenvalue weighted by atomic mass is 35.5. The molecule has 6 heteroatoms.